The number of nitrogens with zero attached hydrogens (tertiary/aromatic N) is 3. The summed E-state index contributed by atoms with van der Waals surface area (Å²) >= 11 is 0. The highest BCUT2D eigenvalue weighted by Gasteiger charge is 2.30. The molecule has 0 radical (unpaired) electrons. The predicted molar refractivity (Wildman–Crippen MR) is 104 cm³/mol. The second-order valence-corrected chi connectivity index (χ2v) is 8.29. The lowest BCUT2D eigenvalue weighted by molar-refractivity contribution is 0.0597. The van der Waals surface area contributed by atoms with Crippen LogP contribution >= 0.6 is 0 Å². The maximum absolute atomic E-state index is 13.3. The summed E-state index contributed by atoms with van der Waals surface area (Å²) in [7, 11) is -2.25. The second-order valence-electron chi connectivity index (χ2n) is 6.38. The fraction of sp³-hybridized carbons (Fsp3) is 0.421. The van der Waals surface area contributed by atoms with Crippen LogP contribution in [0.15, 0.2) is 39.9 Å². The zero-order valence-electron chi connectivity index (χ0n) is 15.9. The smallest absolute Gasteiger partial charge is 0.269 e. The fourth-order valence-corrected chi connectivity index (χ4v) is 4.56. The van der Waals surface area contributed by atoms with Crippen molar-refractivity contribution in [2.45, 2.75) is 25.2 Å². The summed E-state index contributed by atoms with van der Waals surface area (Å²) in [5.41, 5.74) is 1.96. The van der Waals surface area contributed by atoms with Crippen LogP contribution in [0.4, 0.5) is 5.69 Å². The molecule has 0 unspecified atom stereocenters. The van der Waals surface area contributed by atoms with Gasteiger partial charge in [-0.3, -0.25) is 4.31 Å². The van der Waals surface area contributed by atoms with Crippen molar-refractivity contribution in [3.63, 3.8) is 0 Å². The van der Waals surface area contributed by atoms with Crippen molar-refractivity contribution in [1.29, 1.82) is 0 Å². The van der Waals surface area contributed by atoms with Crippen LogP contribution in [-0.4, -0.2) is 51.8 Å². The first kappa shape index (κ1) is 19.4. The summed E-state index contributed by atoms with van der Waals surface area (Å²) < 4.78 is 38.6. The Morgan fingerprint density at radius 1 is 1.26 bits per heavy atom. The topological polar surface area (TPSA) is 75.9 Å². The Hall–Kier alpha value is -2.32. The zero-order chi connectivity index (χ0) is 19.4. The van der Waals surface area contributed by atoms with Gasteiger partial charge in [0.25, 0.3) is 10.0 Å². The highest BCUT2D eigenvalue weighted by Crippen LogP contribution is 2.30. The molecule has 0 spiro atoms. The molecule has 0 bridgehead atoms. The number of hydrogen-bond acceptors (Lipinski definition) is 6. The van der Waals surface area contributed by atoms with Gasteiger partial charge < -0.3 is 14.2 Å². The van der Waals surface area contributed by atoms with Gasteiger partial charge in [-0.05, 0) is 25.0 Å². The number of sulfonamides is 1. The van der Waals surface area contributed by atoms with E-state index in [2.05, 4.69) is 10.1 Å². The van der Waals surface area contributed by atoms with Crippen LogP contribution in [0.3, 0.4) is 0 Å². The van der Waals surface area contributed by atoms with Crippen molar-refractivity contribution in [3.8, 4) is 0 Å². The van der Waals surface area contributed by atoms with Gasteiger partial charge in [-0.25, -0.2) is 8.42 Å². The molecular formula is C19H25N3O4S. The predicted octanol–water partition coefficient (Wildman–Crippen LogP) is 2.67. The van der Waals surface area contributed by atoms with E-state index >= 15 is 0 Å². The van der Waals surface area contributed by atoms with Crippen LogP contribution in [0.25, 0.3) is 6.08 Å². The Bertz CT molecular complexity index is 915. The molecule has 1 aliphatic rings. The monoisotopic (exact) mass is 391 g/mol. The quantitative estimate of drug-likeness (QED) is 0.754. The Kier molecular flexibility index (Phi) is 5.86. The van der Waals surface area contributed by atoms with Crippen LogP contribution in [0, 0.1) is 6.92 Å². The Morgan fingerprint density at radius 3 is 2.67 bits per heavy atom. The van der Waals surface area contributed by atoms with E-state index in [0.29, 0.717) is 24.6 Å². The van der Waals surface area contributed by atoms with E-state index in [1.54, 1.807) is 20.0 Å². The van der Waals surface area contributed by atoms with Crippen molar-refractivity contribution >= 4 is 21.8 Å². The minimum Gasteiger partial charge on any atom is -0.378 e. The number of aromatic nitrogens is 1. The zero-order valence-corrected chi connectivity index (χ0v) is 16.7. The van der Waals surface area contributed by atoms with Crippen molar-refractivity contribution in [1.82, 2.24) is 10.1 Å². The molecule has 1 fully saturated rings. The average Bonchev–Trinajstić information content (AvgIpc) is 3.07. The molecule has 1 aromatic heterocycles. The molecule has 146 valence electrons. The third-order valence-electron chi connectivity index (χ3n) is 4.65. The lowest BCUT2D eigenvalue weighted by Crippen LogP contribution is -2.32. The summed E-state index contributed by atoms with van der Waals surface area (Å²) in [5, 5.41) is 3.89. The largest absolute Gasteiger partial charge is 0.378 e. The molecule has 2 aromatic rings. The first-order valence-corrected chi connectivity index (χ1v) is 10.4. The SMILES string of the molecule is CCc1ccccc1N(C)S(=O)(=O)c1c(C)noc1C=CN1CCOCC1. The summed E-state index contributed by atoms with van der Waals surface area (Å²) in [6.07, 6.45) is 4.24. The van der Waals surface area contributed by atoms with Gasteiger partial charge in [0.1, 0.15) is 5.69 Å². The summed E-state index contributed by atoms with van der Waals surface area (Å²) in [6.45, 7) is 6.47. The van der Waals surface area contributed by atoms with Crippen LogP contribution in [0.1, 0.15) is 23.9 Å². The summed E-state index contributed by atoms with van der Waals surface area (Å²) in [5.74, 6) is 0.236. The van der Waals surface area contributed by atoms with Gasteiger partial charge in [0.05, 0.1) is 18.9 Å². The molecule has 0 saturated carbocycles. The lowest BCUT2D eigenvalue weighted by atomic mass is 10.1. The summed E-state index contributed by atoms with van der Waals surface area (Å²) in [6, 6.07) is 7.48. The molecule has 0 aliphatic carbocycles. The molecule has 1 saturated heterocycles. The Labute approximate surface area is 160 Å². The first-order valence-electron chi connectivity index (χ1n) is 8.98. The van der Waals surface area contributed by atoms with Crippen LogP contribution in [0.2, 0.25) is 0 Å². The lowest BCUT2D eigenvalue weighted by Gasteiger charge is -2.25. The van der Waals surface area contributed by atoms with Crippen molar-refractivity contribution < 1.29 is 17.7 Å². The molecule has 27 heavy (non-hydrogen) atoms. The van der Waals surface area contributed by atoms with Gasteiger partial charge in [0.2, 0.25) is 0 Å². The molecule has 0 N–H and O–H groups in total. The molecule has 2 heterocycles. The van der Waals surface area contributed by atoms with E-state index in [0.717, 1.165) is 25.1 Å². The van der Waals surface area contributed by atoms with Gasteiger partial charge in [-0.1, -0.05) is 30.3 Å². The normalized spacial score (nSPS) is 15.4. The van der Waals surface area contributed by atoms with Crippen molar-refractivity contribution in [2.24, 2.45) is 0 Å². The van der Waals surface area contributed by atoms with E-state index < -0.39 is 10.0 Å². The Balaban J connectivity index is 1.95. The molecule has 0 atom stereocenters. The molecule has 3 rings (SSSR count). The van der Waals surface area contributed by atoms with E-state index in [4.69, 9.17) is 9.26 Å². The number of rotatable bonds is 6. The van der Waals surface area contributed by atoms with E-state index in [1.165, 1.54) is 4.31 Å². The van der Waals surface area contributed by atoms with E-state index in [1.807, 2.05) is 37.4 Å². The third kappa shape index (κ3) is 4.01. The first-order chi connectivity index (χ1) is 12.9. The highest BCUT2D eigenvalue weighted by molar-refractivity contribution is 7.93. The molecule has 7 nitrogen and oxygen atoms in total. The molecular weight excluding hydrogens is 366 g/mol. The molecule has 8 heteroatoms. The van der Waals surface area contributed by atoms with Gasteiger partial charge in [-0.2, -0.15) is 0 Å². The summed E-state index contributed by atoms with van der Waals surface area (Å²) in [4.78, 5) is 2.16. The average molecular weight is 391 g/mol. The van der Waals surface area contributed by atoms with Gasteiger partial charge in [-0.15, -0.1) is 0 Å². The van der Waals surface area contributed by atoms with Crippen LogP contribution in [0.5, 0.6) is 0 Å². The molecule has 0 amide bonds. The fourth-order valence-electron chi connectivity index (χ4n) is 3.08. The van der Waals surface area contributed by atoms with Gasteiger partial charge in [0, 0.05) is 32.4 Å². The number of morpholine rings is 1. The second kappa shape index (κ2) is 8.14. The molecule has 1 aromatic carbocycles. The van der Waals surface area contributed by atoms with Gasteiger partial charge >= 0.3 is 0 Å². The number of para-hydroxylation sites is 1. The van der Waals surface area contributed by atoms with Crippen LogP contribution in [-0.2, 0) is 21.2 Å². The highest BCUT2D eigenvalue weighted by atomic mass is 32.2. The standard InChI is InChI=1S/C19H25N3O4S/c1-4-16-7-5-6-8-17(16)21(3)27(23,24)19-15(2)20-26-18(19)9-10-22-11-13-25-14-12-22/h5-10H,4,11-14H2,1-3H3. The number of anilines is 1. The third-order valence-corrected chi connectivity index (χ3v) is 6.58. The minimum atomic E-state index is -3.81. The van der Waals surface area contributed by atoms with Crippen molar-refractivity contribution in [3.05, 3.63) is 47.5 Å². The van der Waals surface area contributed by atoms with Crippen molar-refractivity contribution in [2.75, 3.05) is 37.7 Å². The van der Waals surface area contributed by atoms with Gasteiger partial charge in [0.15, 0.2) is 10.7 Å². The maximum Gasteiger partial charge on any atom is 0.269 e. The van der Waals surface area contributed by atoms with E-state index in [-0.39, 0.29) is 10.7 Å². The maximum atomic E-state index is 13.3. The van der Waals surface area contributed by atoms with Crippen LogP contribution < -0.4 is 4.31 Å². The number of hydrogen-bond donors (Lipinski definition) is 0. The molecule has 1 aliphatic heterocycles. The number of benzene rings is 1. The Morgan fingerprint density at radius 2 is 1.96 bits per heavy atom. The minimum absolute atomic E-state index is 0.0976. The van der Waals surface area contributed by atoms with E-state index in [9.17, 15) is 8.42 Å². The number of ether oxygens (including phenoxy) is 1. The number of aryl methyl sites for hydroxylation is 2.